The van der Waals surface area contributed by atoms with E-state index in [4.69, 9.17) is 4.74 Å². The lowest BCUT2D eigenvalue weighted by Gasteiger charge is -2.29. The highest BCUT2D eigenvalue weighted by Gasteiger charge is 2.34. The number of piperidine rings is 1. The summed E-state index contributed by atoms with van der Waals surface area (Å²) >= 11 is 0. The highest BCUT2D eigenvalue weighted by Crippen LogP contribution is 2.35. The largest absolute Gasteiger partial charge is 0.493 e. The molecule has 0 aliphatic carbocycles. The van der Waals surface area contributed by atoms with Crippen LogP contribution in [0, 0.1) is 5.92 Å². The van der Waals surface area contributed by atoms with Crippen molar-refractivity contribution in [3.05, 3.63) is 29.3 Å². The van der Waals surface area contributed by atoms with E-state index >= 15 is 0 Å². The molecule has 3 heterocycles. The van der Waals surface area contributed by atoms with E-state index in [1.165, 1.54) is 18.4 Å². The molecule has 3 nitrogen and oxygen atoms in total. The molecular weight excluding hydrogens is 262 g/mol. The quantitative estimate of drug-likeness (QED) is 0.867. The molecule has 2 unspecified atom stereocenters. The van der Waals surface area contributed by atoms with Gasteiger partial charge in [0.2, 0.25) is 0 Å². The topological polar surface area (TPSA) is 38.3 Å². The van der Waals surface area contributed by atoms with E-state index in [0.29, 0.717) is 24.4 Å². The van der Waals surface area contributed by atoms with Crippen LogP contribution in [0.2, 0.25) is 0 Å². The monoisotopic (exact) mass is 285 g/mol. The molecule has 2 saturated heterocycles. The maximum atomic E-state index is 12.7. The number of rotatable bonds is 3. The second-order valence-corrected chi connectivity index (χ2v) is 6.85. The number of ether oxygens (including phenoxy) is 1. The average molecular weight is 285 g/mol. The van der Waals surface area contributed by atoms with Crippen LogP contribution in [-0.4, -0.2) is 24.5 Å². The van der Waals surface area contributed by atoms with Crippen molar-refractivity contribution >= 4 is 5.78 Å². The predicted molar refractivity (Wildman–Crippen MR) is 81.9 cm³/mol. The number of carbonyl (C=O) groups is 1. The first-order chi connectivity index (χ1) is 10.3. The number of fused-ring (bicyclic) bond motifs is 3. The molecule has 2 atom stereocenters. The number of hydrogen-bond acceptors (Lipinski definition) is 3. The Kier molecular flexibility index (Phi) is 3.46. The van der Waals surface area contributed by atoms with Crippen molar-refractivity contribution in [3.8, 4) is 5.75 Å². The third-order valence-electron chi connectivity index (χ3n) is 5.28. The van der Waals surface area contributed by atoms with E-state index in [9.17, 15) is 4.79 Å². The summed E-state index contributed by atoms with van der Waals surface area (Å²) in [5.74, 6) is 1.70. The number of Topliss-reactive ketones (excluding diaryl/α,β-unsaturated/α-hetero) is 1. The van der Waals surface area contributed by atoms with Gasteiger partial charge in [0, 0.05) is 18.5 Å². The van der Waals surface area contributed by atoms with Crippen LogP contribution >= 0.6 is 0 Å². The molecule has 0 radical (unpaired) electrons. The van der Waals surface area contributed by atoms with Crippen molar-refractivity contribution in [2.75, 3.05) is 6.61 Å². The molecule has 0 spiro atoms. The summed E-state index contributed by atoms with van der Waals surface area (Å²) in [6.45, 7) is 0.745. The summed E-state index contributed by atoms with van der Waals surface area (Å²) in [6, 6.07) is 7.36. The Morgan fingerprint density at radius 3 is 2.86 bits per heavy atom. The highest BCUT2D eigenvalue weighted by atomic mass is 16.5. The molecule has 112 valence electrons. The number of hydrogen-bond donors (Lipinski definition) is 1. The fourth-order valence-electron chi connectivity index (χ4n) is 4.32. The van der Waals surface area contributed by atoms with Gasteiger partial charge in [0.15, 0.2) is 5.78 Å². The standard InChI is InChI=1S/C18H23NO2/c20-17(11-12-9-14-6-7-15(10-12)19-14)16-5-1-3-13-4-2-8-21-18(13)16/h1,3,5,12,14-15,19H,2,4,6-11H2. The number of aryl methyl sites for hydroxylation is 1. The number of ketones is 1. The first kappa shape index (κ1) is 13.3. The predicted octanol–water partition coefficient (Wildman–Crippen LogP) is 3.12. The lowest BCUT2D eigenvalue weighted by Crippen LogP contribution is -2.38. The SMILES string of the molecule is O=C(CC1CC2CCC(C1)N2)c1cccc2c1OCCC2. The van der Waals surface area contributed by atoms with Crippen LogP contribution in [0.5, 0.6) is 5.75 Å². The van der Waals surface area contributed by atoms with Gasteiger partial charge < -0.3 is 10.1 Å². The maximum absolute atomic E-state index is 12.7. The molecule has 3 aliphatic heterocycles. The van der Waals surface area contributed by atoms with Gasteiger partial charge in [-0.2, -0.15) is 0 Å². The van der Waals surface area contributed by atoms with Gasteiger partial charge in [0.05, 0.1) is 12.2 Å². The van der Waals surface area contributed by atoms with Crippen LogP contribution in [-0.2, 0) is 6.42 Å². The Balaban J connectivity index is 1.50. The number of nitrogens with one attached hydrogen (secondary N) is 1. The summed E-state index contributed by atoms with van der Waals surface area (Å²) in [5.41, 5.74) is 2.02. The Morgan fingerprint density at radius 2 is 2.05 bits per heavy atom. The fraction of sp³-hybridized carbons (Fsp3) is 0.611. The van der Waals surface area contributed by atoms with Gasteiger partial charge in [0.25, 0.3) is 0 Å². The van der Waals surface area contributed by atoms with E-state index in [1.54, 1.807) is 0 Å². The smallest absolute Gasteiger partial charge is 0.166 e. The Hall–Kier alpha value is -1.35. The van der Waals surface area contributed by atoms with Crippen molar-refractivity contribution in [2.45, 2.75) is 57.0 Å². The number of carbonyl (C=O) groups excluding carboxylic acids is 1. The second-order valence-electron chi connectivity index (χ2n) is 6.85. The molecule has 0 amide bonds. The Bertz CT molecular complexity index is 542. The first-order valence-corrected chi connectivity index (χ1v) is 8.33. The van der Waals surface area contributed by atoms with Crippen LogP contribution in [0.3, 0.4) is 0 Å². The Labute approximate surface area is 126 Å². The molecule has 2 fully saturated rings. The lowest BCUT2D eigenvalue weighted by molar-refractivity contribution is 0.0940. The highest BCUT2D eigenvalue weighted by molar-refractivity contribution is 5.99. The molecule has 0 saturated carbocycles. The molecule has 1 N–H and O–H groups in total. The molecule has 1 aromatic carbocycles. The van der Waals surface area contributed by atoms with E-state index in [2.05, 4.69) is 11.4 Å². The minimum atomic E-state index is 0.278. The zero-order valence-corrected chi connectivity index (χ0v) is 12.4. The van der Waals surface area contributed by atoms with Crippen molar-refractivity contribution in [1.82, 2.24) is 5.32 Å². The van der Waals surface area contributed by atoms with Crippen molar-refractivity contribution in [1.29, 1.82) is 0 Å². The molecule has 1 aromatic rings. The molecule has 21 heavy (non-hydrogen) atoms. The minimum Gasteiger partial charge on any atom is -0.493 e. The van der Waals surface area contributed by atoms with E-state index in [1.807, 2.05) is 12.1 Å². The zero-order valence-electron chi connectivity index (χ0n) is 12.4. The number of para-hydroxylation sites is 1. The summed E-state index contributed by atoms with van der Waals surface area (Å²) < 4.78 is 5.79. The third kappa shape index (κ3) is 2.59. The lowest BCUT2D eigenvalue weighted by atomic mass is 9.86. The fourth-order valence-corrected chi connectivity index (χ4v) is 4.32. The van der Waals surface area contributed by atoms with E-state index in [0.717, 1.165) is 43.6 Å². The zero-order chi connectivity index (χ0) is 14.2. The van der Waals surface area contributed by atoms with Crippen molar-refractivity contribution < 1.29 is 9.53 Å². The van der Waals surface area contributed by atoms with Crippen LogP contribution in [0.25, 0.3) is 0 Å². The van der Waals surface area contributed by atoms with E-state index < -0.39 is 0 Å². The normalized spacial score (nSPS) is 30.6. The van der Waals surface area contributed by atoms with Gasteiger partial charge in [-0.3, -0.25) is 4.79 Å². The first-order valence-electron chi connectivity index (χ1n) is 8.33. The molecule has 3 aliphatic rings. The summed E-state index contributed by atoms with van der Waals surface area (Å²) in [6.07, 6.45) is 7.69. The second kappa shape index (κ2) is 5.45. The Morgan fingerprint density at radius 1 is 1.24 bits per heavy atom. The van der Waals surface area contributed by atoms with Crippen LogP contribution in [0.15, 0.2) is 18.2 Å². The van der Waals surface area contributed by atoms with Gasteiger partial charge in [-0.15, -0.1) is 0 Å². The summed E-state index contributed by atoms with van der Waals surface area (Å²) in [7, 11) is 0. The third-order valence-corrected chi connectivity index (χ3v) is 5.28. The molecule has 2 bridgehead atoms. The summed E-state index contributed by atoms with van der Waals surface area (Å²) in [4.78, 5) is 12.7. The average Bonchev–Trinajstić information content (AvgIpc) is 2.85. The van der Waals surface area contributed by atoms with Gasteiger partial charge in [-0.05, 0) is 56.1 Å². The number of benzene rings is 1. The molecule has 3 heteroatoms. The van der Waals surface area contributed by atoms with E-state index in [-0.39, 0.29) is 5.78 Å². The van der Waals surface area contributed by atoms with Crippen LogP contribution in [0.4, 0.5) is 0 Å². The minimum absolute atomic E-state index is 0.278. The van der Waals surface area contributed by atoms with Crippen LogP contribution in [0.1, 0.15) is 54.4 Å². The van der Waals surface area contributed by atoms with Crippen LogP contribution < -0.4 is 10.1 Å². The van der Waals surface area contributed by atoms with Crippen molar-refractivity contribution in [2.24, 2.45) is 5.92 Å². The molecule has 0 aromatic heterocycles. The molecule has 4 rings (SSSR count). The van der Waals surface area contributed by atoms with Gasteiger partial charge in [-0.1, -0.05) is 12.1 Å². The van der Waals surface area contributed by atoms with Gasteiger partial charge in [0.1, 0.15) is 5.75 Å². The summed E-state index contributed by atoms with van der Waals surface area (Å²) in [5, 5.41) is 3.65. The van der Waals surface area contributed by atoms with Crippen molar-refractivity contribution in [3.63, 3.8) is 0 Å². The van der Waals surface area contributed by atoms with Gasteiger partial charge in [-0.25, -0.2) is 0 Å². The maximum Gasteiger partial charge on any atom is 0.166 e. The van der Waals surface area contributed by atoms with Gasteiger partial charge >= 0.3 is 0 Å². The molecular formula is C18H23NO2.